The summed E-state index contributed by atoms with van der Waals surface area (Å²) in [5.41, 5.74) is 1.96. The zero-order chi connectivity index (χ0) is 30.0. The minimum atomic E-state index is -2.71. The number of phenolic OH excluding ortho intramolecular Hbond substituents is 1. The fourth-order valence-corrected chi connectivity index (χ4v) is 7.29. The number of primary amides is 1. The van der Waals surface area contributed by atoms with E-state index >= 15 is 0 Å². The summed E-state index contributed by atoms with van der Waals surface area (Å²) in [5.74, 6) is -7.72. The summed E-state index contributed by atoms with van der Waals surface area (Å²) >= 11 is 2.01. The van der Waals surface area contributed by atoms with Crippen molar-refractivity contribution in [2.24, 2.45) is 17.6 Å². The van der Waals surface area contributed by atoms with E-state index in [0.717, 1.165) is 12.8 Å². The number of fused-ring (bicyclic) bond motifs is 3. The van der Waals surface area contributed by atoms with Gasteiger partial charge >= 0.3 is 0 Å². The second-order valence-corrected chi connectivity index (χ2v) is 12.2. The Labute approximate surface area is 248 Å². The number of nitrogens with two attached hydrogens (primary N) is 1. The molecule has 1 aliphatic heterocycles. The van der Waals surface area contributed by atoms with Gasteiger partial charge in [-0.3, -0.25) is 28.9 Å². The lowest BCUT2D eigenvalue weighted by Crippen LogP contribution is -2.65. The number of hydrogen-bond acceptors (Lipinski definition) is 11. The number of benzene rings is 1. The van der Waals surface area contributed by atoms with Crippen molar-refractivity contribution in [3.05, 3.63) is 37.7 Å². The Kier molecular flexibility index (Phi) is 7.65. The molecule has 4 atom stereocenters. The number of amides is 2. The highest BCUT2D eigenvalue weighted by atomic mass is 127. The van der Waals surface area contributed by atoms with E-state index in [2.05, 4.69) is 5.32 Å². The van der Waals surface area contributed by atoms with Gasteiger partial charge in [-0.05, 0) is 79.9 Å². The molecule has 3 aliphatic carbocycles. The van der Waals surface area contributed by atoms with Crippen LogP contribution in [0.1, 0.15) is 30.4 Å². The number of ketones is 2. The lowest BCUT2D eigenvalue weighted by Gasteiger charge is -2.50. The summed E-state index contributed by atoms with van der Waals surface area (Å²) in [7, 11) is 3.09. The average Bonchev–Trinajstić information content (AvgIpc) is 2.89. The number of halogens is 1. The van der Waals surface area contributed by atoms with Gasteiger partial charge in [0.1, 0.15) is 29.4 Å². The van der Waals surface area contributed by atoms with Gasteiger partial charge in [-0.25, -0.2) is 0 Å². The van der Waals surface area contributed by atoms with Gasteiger partial charge < -0.3 is 31.5 Å². The second kappa shape index (κ2) is 10.7. The Hall–Kier alpha value is -3.05. The third-order valence-corrected chi connectivity index (χ3v) is 9.30. The maximum Gasteiger partial charge on any atom is 0.255 e. The van der Waals surface area contributed by atoms with Gasteiger partial charge in [0.15, 0.2) is 11.4 Å². The Morgan fingerprint density at radius 1 is 1.24 bits per heavy atom. The normalized spacial score (nSPS) is 28.4. The van der Waals surface area contributed by atoms with Crippen molar-refractivity contribution in [2.75, 3.05) is 39.1 Å². The van der Waals surface area contributed by atoms with E-state index in [4.69, 9.17) is 10.6 Å². The smallest absolute Gasteiger partial charge is 0.255 e. The van der Waals surface area contributed by atoms with Crippen LogP contribution < -0.4 is 11.1 Å². The molecule has 1 aromatic rings. The van der Waals surface area contributed by atoms with Crippen molar-refractivity contribution in [2.45, 2.75) is 37.3 Å². The molecule has 13 nitrogen and oxygen atoms in total. The minimum Gasteiger partial charge on any atom is -0.508 e. The minimum absolute atomic E-state index is 0.00305. The lowest BCUT2D eigenvalue weighted by atomic mass is 9.57. The number of carbonyl (C=O) groups excluding carboxylic acids is 4. The highest BCUT2D eigenvalue weighted by Crippen LogP contribution is 2.53. The van der Waals surface area contributed by atoms with Crippen molar-refractivity contribution in [1.29, 1.82) is 0 Å². The number of anilines is 1. The van der Waals surface area contributed by atoms with Crippen LogP contribution in [0.25, 0.3) is 5.76 Å². The Morgan fingerprint density at radius 2 is 1.95 bits per heavy atom. The predicted octanol–water partition coefficient (Wildman–Crippen LogP) is 0.535. The van der Waals surface area contributed by atoms with Crippen LogP contribution in [-0.4, -0.2) is 99.2 Å². The number of aliphatic hydroxyl groups excluding tert-OH is 2. The zero-order valence-corrected chi connectivity index (χ0v) is 24.6. The third kappa shape index (κ3) is 4.61. The molecule has 1 saturated heterocycles. The van der Waals surface area contributed by atoms with Crippen LogP contribution in [0.3, 0.4) is 0 Å². The Morgan fingerprint density at radius 3 is 2.56 bits per heavy atom. The van der Waals surface area contributed by atoms with E-state index in [9.17, 15) is 39.6 Å². The number of aliphatic hydroxyl groups is 3. The number of likely N-dealkylation sites (N-methyl/N-ethyl adjacent to an activating group) is 1. The molecule has 7 N–H and O–H groups in total. The number of carbonyl (C=O) groups is 4. The lowest BCUT2D eigenvalue weighted by molar-refractivity contribution is -0.182. The summed E-state index contributed by atoms with van der Waals surface area (Å²) in [4.78, 5) is 58.8. The van der Waals surface area contributed by atoms with E-state index in [1.165, 1.54) is 9.96 Å². The molecular formula is C27H31IN4O9. The van der Waals surface area contributed by atoms with Gasteiger partial charge in [-0.2, -0.15) is 5.06 Å². The first kappa shape index (κ1) is 29.4. The molecule has 0 spiro atoms. The molecule has 0 bridgehead atoms. The van der Waals surface area contributed by atoms with Crippen LogP contribution in [0.4, 0.5) is 5.69 Å². The van der Waals surface area contributed by atoms with Crippen LogP contribution >= 0.6 is 22.6 Å². The first-order chi connectivity index (χ1) is 19.3. The number of nitrogens with zero attached hydrogens (tertiary/aromatic N) is 2. The molecule has 0 unspecified atom stereocenters. The fraction of sp³-hybridized carbons (Fsp3) is 0.481. The summed E-state index contributed by atoms with van der Waals surface area (Å²) in [6, 6.07) is 0.407. The van der Waals surface area contributed by atoms with Crippen molar-refractivity contribution in [3.8, 4) is 5.75 Å². The standard InChI is InChI=1S/C27H31IN4O9/c1-31(2)20-13-8-11-7-12-14(28)9-15(30-16(33)10-32-5-3-4-6-41-32)21(34)18(12)22(35)17(11)24(37)27(13,40)25(38)19(23(20)36)26(29)39/h9,11,13,20,34-35,38,40H,3-8,10H2,1-2H3,(H2,29,39)(H,30,33)/t11-,13-,20-,27-/m0/s1. The first-order valence-corrected chi connectivity index (χ1v) is 14.2. The quantitative estimate of drug-likeness (QED) is 0.144. The highest BCUT2D eigenvalue weighted by Gasteiger charge is 2.64. The van der Waals surface area contributed by atoms with Crippen LogP contribution in [0.5, 0.6) is 5.75 Å². The van der Waals surface area contributed by atoms with Gasteiger partial charge in [0.05, 0.1) is 23.9 Å². The van der Waals surface area contributed by atoms with Gasteiger partial charge in [0, 0.05) is 21.6 Å². The second-order valence-electron chi connectivity index (χ2n) is 11.0. The van der Waals surface area contributed by atoms with Crippen molar-refractivity contribution >= 4 is 57.4 Å². The summed E-state index contributed by atoms with van der Waals surface area (Å²) < 4.78 is 0.599. The molecule has 1 saturated carbocycles. The predicted molar refractivity (Wildman–Crippen MR) is 152 cm³/mol. The van der Waals surface area contributed by atoms with E-state index in [-0.39, 0.29) is 36.2 Å². The number of phenols is 1. The van der Waals surface area contributed by atoms with Crippen molar-refractivity contribution in [3.63, 3.8) is 0 Å². The van der Waals surface area contributed by atoms with E-state index in [1.807, 2.05) is 22.6 Å². The molecule has 2 fully saturated rings. The van der Waals surface area contributed by atoms with Gasteiger partial charge in [-0.15, -0.1) is 0 Å². The molecule has 4 aliphatic rings. The summed E-state index contributed by atoms with van der Waals surface area (Å²) in [6.45, 7) is 1.02. The molecule has 2 amide bonds. The maximum absolute atomic E-state index is 14.0. The molecule has 1 aromatic carbocycles. The van der Waals surface area contributed by atoms with Crippen LogP contribution in [-0.2, 0) is 30.4 Å². The Bertz CT molecular complexity index is 1430. The van der Waals surface area contributed by atoms with E-state index < -0.39 is 69.7 Å². The molecule has 220 valence electrons. The van der Waals surface area contributed by atoms with Crippen molar-refractivity contribution < 1.29 is 44.4 Å². The molecule has 14 heteroatoms. The largest absolute Gasteiger partial charge is 0.508 e. The monoisotopic (exact) mass is 682 g/mol. The molecule has 0 aromatic heterocycles. The molecule has 5 rings (SSSR count). The molecule has 0 radical (unpaired) electrons. The van der Waals surface area contributed by atoms with E-state index in [1.54, 1.807) is 20.2 Å². The topological polar surface area (TPSA) is 203 Å². The van der Waals surface area contributed by atoms with Crippen molar-refractivity contribution in [1.82, 2.24) is 9.96 Å². The highest BCUT2D eigenvalue weighted by molar-refractivity contribution is 14.1. The number of Topliss-reactive ketones (excluding diaryl/α,β-unsaturated/α-hetero) is 2. The molecule has 1 heterocycles. The molecule has 41 heavy (non-hydrogen) atoms. The van der Waals surface area contributed by atoms with Crippen LogP contribution in [0.15, 0.2) is 23.0 Å². The number of hydrogen-bond donors (Lipinski definition) is 6. The number of rotatable bonds is 5. The number of nitrogens with one attached hydrogen (secondary N) is 1. The third-order valence-electron chi connectivity index (χ3n) is 8.34. The first-order valence-electron chi connectivity index (χ1n) is 13.2. The number of aromatic hydroxyl groups is 1. The summed E-state index contributed by atoms with van der Waals surface area (Å²) in [5, 5.41) is 49.4. The number of hydroxylamine groups is 2. The fourth-order valence-electron chi connectivity index (χ4n) is 6.48. The molecular weight excluding hydrogens is 651 g/mol. The average molecular weight is 682 g/mol. The van der Waals surface area contributed by atoms with Gasteiger partial charge in [0.25, 0.3) is 5.91 Å². The maximum atomic E-state index is 14.0. The zero-order valence-electron chi connectivity index (χ0n) is 22.4. The van der Waals surface area contributed by atoms with Crippen LogP contribution in [0, 0.1) is 15.4 Å². The summed E-state index contributed by atoms with van der Waals surface area (Å²) in [6.07, 6.45) is 1.94. The Balaban J connectivity index is 1.57. The van der Waals surface area contributed by atoms with E-state index in [0.29, 0.717) is 22.3 Å². The SMILES string of the molecule is CN(C)[C@@H]1C(=O)C(C(N)=O)=C(O)[C@@]2(O)C(=O)C3=C(O)c4c(O)c(NC(=O)CN5CCCCO5)cc(I)c4C[C@H]3C[C@@H]12. The van der Waals surface area contributed by atoms with Gasteiger partial charge in [-0.1, -0.05) is 0 Å². The van der Waals surface area contributed by atoms with Crippen LogP contribution in [0.2, 0.25) is 0 Å². The van der Waals surface area contributed by atoms with Gasteiger partial charge in [0.2, 0.25) is 11.7 Å².